The van der Waals surface area contributed by atoms with Gasteiger partial charge in [-0.15, -0.1) is 0 Å². The summed E-state index contributed by atoms with van der Waals surface area (Å²) in [6.07, 6.45) is 20.9. The van der Waals surface area contributed by atoms with Crippen LogP contribution in [0.15, 0.2) is 12.2 Å². The minimum Gasteiger partial charge on any atom is -0.460 e. The smallest absolute Gasteiger partial charge is 0.306 e. The van der Waals surface area contributed by atoms with Crippen LogP contribution in [0.1, 0.15) is 117 Å². The number of allylic oxidation sites excluding steroid dienone is 2. The molecule has 0 saturated carbocycles. The first-order valence-corrected chi connectivity index (χ1v) is 11.8. The number of aliphatic hydroxyl groups excluding tert-OH is 2. The maximum absolute atomic E-state index is 11.9. The molecule has 0 aliphatic heterocycles. The molecule has 0 spiro atoms. The van der Waals surface area contributed by atoms with Gasteiger partial charge in [0.05, 0.1) is 6.61 Å². The van der Waals surface area contributed by atoms with E-state index in [4.69, 9.17) is 9.84 Å². The molecule has 2 atom stereocenters. The van der Waals surface area contributed by atoms with E-state index in [1.807, 2.05) is 6.92 Å². The number of unbranched alkanes of at least 4 members (excludes halogenated alkanes) is 11. The van der Waals surface area contributed by atoms with E-state index in [-0.39, 0.29) is 12.6 Å². The van der Waals surface area contributed by atoms with Crippen molar-refractivity contribution in [3.05, 3.63) is 12.2 Å². The van der Waals surface area contributed by atoms with E-state index in [9.17, 15) is 9.90 Å². The summed E-state index contributed by atoms with van der Waals surface area (Å²) in [5, 5.41) is 18.7. The van der Waals surface area contributed by atoms with Gasteiger partial charge in [0.2, 0.25) is 0 Å². The fourth-order valence-corrected chi connectivity index (χ4v) is 3.30. The average Bonchev–Trinajstić information content (AvgIpc) is 2.70. The summed E-state index contributed by atoms with van der Waals surface area (Å²) in [6.45, 7) is 3.85. The standard InChI is InChI=1S/C24H46O4/c1-3-5-6-7-8-9-10-11-12-13-14-15-16-17-18-20-24(27)28-23(19-4-2)22(26)21-25/h11-12,22-23,25-26H,3-10,13-21H2,1-2H3/b12-11-. The minimum atomic E-state index is -0.974. The molecule has 0 amide bonds. The highest BCUT2D eigenvalue weighted by molar-refractivity contribution is 5.69. The number of hydrogen-bond acceptors (Lipinski definition) is 4. The second-order valence-electron chi connectivity index (χ2n) is 7.90. The summed E-state index contributed by atoms with van der Waals surface area (Å²) >= 11 is 0. The van der Waals surface area contributed by atoms with Crippen molar-refractivity contribution in [2.24, 2.45) is 0 Å². The molecule has 0 fully saturated rings. The molecule has 0 rings (SSSR count). The summed E-state index contributed by atoms with van der Waals surface area (Å²) in [6, 6.07) is 0. The van der Waals surface area contributed by atoms with Gasteiger partial charge in [0.15, 0.2) is 0 Å². The number of hydrogen-bond donors (Lipinski definition) is 2. The van der Waals surface area contributed by atoms with Gasteiger partial charge in [0, 0.05) is 6.42 Å². The molecule has 0 aliphatic rings. The summed E-state index contributed by atoms with van der Waals surface area (Å²) in [5.41, 5.74) is 0. The van der Waals surface area contributed by atoms with Gasteiger partial charge < -0.3 is 14.9 Å². The van der Waals surface area contributed by atoms with E-state index in [0.717, 1.165) is 32.1 Å². The number of ether oxygens (including phenoxy) is 1. The second kappa shape index (κ2) is 20.9. The first-order valence-electron chi connectivity index (χ1n) is 11.8. The Morgan fingerprint density at radius 1 is 0.821 bits per heavy atom. The zero-order valence-electron chi connectivity index (χ0n) is 18.5. The van der Waals surface area contributed by atoms with Crippen LogP contribution < -0.4 is 0 Å². The first kappa shape index (κ1) is 27.1. The molecule has 0 aromatic heterocycles. The van der Waals surface area contributed by atoms with Crippen LogP contribution in [0.2, 0.25) is 0 Å². The second-order valence-corrected chi connectivity index (χ2v) is 7.90. The molecule has 0 bridgehead atoms. The molecular formula is C24H46O4. The fraction of sp³-hybridized carbons (Fsp3) is 0.875. The fourth-order valence-electron chi connectivity index (χ4n) is 3.30. The lowest BCUT2D eigenvalue weighted by Crippen LogP contribution is -2.33. The Morgan fingerprint density at radius 3 is 1.89 bits per heavy atom. The Kier molecular flexibility index (Phi) is 20.2. The summed E-state index contributed by atoms with van der Waals surface area (Å²) in [7, 11) is 0. The Hall–Kier alpha value is -0.870. The van der Waals surface area contributed by atoms with Gasteiger partial charge in [0.1, 0.15) is 12.2 Å². The zero-order chi connectivity index (χ0) is 20.9. The van der Waals surface area contributed by atoms with Crippen molar-refractivity contribution in [2.75, 3.05) is 6.61 Å². The van der Waals surface area contributed by atoms with Gasteiger partial charge >= 0.3 is 5.97 Å². The quantitative estimate of drug-likeness (QED) is 0.148. The third-order valence-electron chi connectivity index (χ3n) is 5.11. The minimum absolute atomic E-state index is 0.261. The van der Waals surface area contributed by atoms with Crippen LogP contribution in [0, 0.1) is 0 Å². The normalized spacial score (nSPS) is 13.7. The van der Waals surface area contributed by atoms with Gasteiger partial charge in [-0.2, -0.15) is 0 Å². The molecule has 2 unspecified atom stereocenters. The van der Waals surface area contributed by atoms with Gasteiger partial charge in [-0.1, -0.05) is 83.8 Å². The molecule has 0 saturated heterocycles. The van der Waals surface area contributed by atoms with Crippen molar-refractivity contribution in [2.45, 2.75) is 129 Å². The molecule has 28 heavy (non-hydrogen) atoms. The number of aliphatic hydroxyl groups is 2. The topological polar surface area (TPSA) is 66.8 Å². The monoisotopic (exact) mass is 398 g/mol. The van der Waals surface area contributed by atoms with E-state index in [1.54, 1.807) is 0 Å². The highest BCUT2D eigenvalue weighted by Gasteiger charge is 2.21. The van der Waals surface area contributed by atoms with Gasteiger partial charge in [-0.3, -0.25) is 4.79 Å². The lowest BCUT2D eigenvalue weighted by atomic mass is 10.1. The van der Waals surface area contributed by atoms with Crippen LogP contribution >= 0.6 is 0 Å². The molecule has 166 valence electrons. The van der Waals surface area contributed by atoms with Crippen LogP contribution in [0.3, 0.4) is 0 Å². The molecule has 0 aliphatic carbocycles. The largest absolute Gasteiger partial charge is 0.460 e. The lowest BCUT2D eigenvalue weighted by Gasteiger charge is -2.21. The van der Waals surface area contributed by atoms with Crippen LogP contribution in [-0.4, -0.2) is 35.0 Å². The number of esters is 1. The molecule has 0 aromatic rings. The Balaban J connectivity index is 3.48. The third-order valence-corrected chi connectivity index (χ3v) is 5.11. The number of rotatable bonds is 20. The first-order chi connectivity index (χ1) is 13.7. The van der Waals surface area contributed by atoms with Crippen molar-refractivity contribution in [3.8, 4) is 0 Å². The van der Waals surface area contributed by atoms with E-state index in [2.05, 4.69) is 19.1 Å². The van der Waals surface area contributed by atoms with Crippen LogP contribution in [0.5, 0.6) is 0 Å². The van der Waals surface area contributed by atoms with Crippen LogP contribution in [0.25, 0.3) is 0 Å². The van der Waals surface area contributed by atoms with Crippen molar-refractivity contribution in [3.63, 3.8) is 0 Å². The highest BCUT2D eigenvalue weighted by Crippen LogP contribution is 2.12. The molecule has 0 aromatic carbocycles. The predicted octanol–water partition coefficient (Wildman–Crippen LogP) is 6.09. The number of carbonyl (C=O) groups excluding carboxylic acids is 1. The predicted molar refractivity (Wildman–Crippen MR) is 117 cm³/mol. The molecular weight excluding hydrogens is 352 g/mol. The molecule has 0 heterocycles. The van der Waals surface area contributed by atoms with E-state index < -0.39 is 12.2 Å². The van der Waals surface area contributed by atoms with Crippen molar-refractivity contribution in [1.29, 1.82) is 0 Å². The van der Waals surface area contributed by atoms with Crippen LogP contribution in [0.4, 0.5) is 0 Å². The Bertz CT molecular complexity index is 368. The average molecular weight is 399 g/mol. The summed E-state index contributed by atoms with van der Waals surface area (Å²) < 4.78 is 5.30. The molecule has 0 radical (unpaired) electrons. The Labute approximate surface area is 173 Å². The van der Waals surface area contributed by atoms with Crippen molar-refractivity contribution in [1.82, 2.24) is 0 Å². The highest BCUT2D eigenvalue weighted by atomic mass is 16.6. The molecule has 2 N–H and O–H groups in total. The third kappa shape index (κ3) is 17.2. The Morgan fingerprint density at radius 2 is 1.36 bits per heavy atom. The summed E-state index contributed by atoms with van der Waals surface area (Å²) in [4.78, 5) is 11.9. The number of carbonyl (C=O) groups is 1. The SMILES string of the molecule is CCCCCCCC/C=C\CCCCCCCC(=O)OC(CCC)C(O)CO. The summed E-state index contributed by atoms with van der Waals surface area (Å²) in [5.74, 6) is -0.261. The maximum atomic E-state index is 11.9. The molecule has 4 heteroatoms. The van der Waals surface area contributed by atoms with Gasteiger partial charge in [0.25, 0.3) is 0 Å². The van der Waals surface area contributed by atoms with E-state index >= 15 is 0 Å². The molecule has 4 nitrogen and oxygen atoms in total. The van der Waals surface area contributed by atoms with Crippen molar-refractivity contribution >= 4 is 5.97 Å². The van der Waals surface area contributed by atoms with Crippen LogP contribution in [-0.2, 0) is 9.53 Å². The lowest BCUT2D eigenvalue weighted by molar-refractivity contribution is -0.157. The van der Waals surface area contributed by atoms with Gasteiger partial charge in [-0.25, -0.2) is 0 Å². The van der Waals surface area contributed by atoms with E-state index in [1.165, 1.54) is 57.8 Å². The van der Waals surface area contributed by atoms with E-state index in [0.29, 0.717) is 12.8 Å². The van der Waals surface area contributed by atoms with Gasteiger partial charge in [-0.05, 0) is 38.5 Å². The van der Waals surface area contributed by atoms with Crippen molar-refractivity contribution < 1.29 is 19.7 Å². The zero-order valence-corrected chi connectivity index (χ0v) is 18.5. The maximum Gasteiger partial charge on any atom is 0.306 e.